The van der Waals surface area contributed by atoms with Crippen LogP contribution in [0.1, 0.15) is 49.9 Å². The van der Waals surface area contributed by atoms with Gasteiger partial charge in [0.1, 0.15) is 5.82 Å². The molecular weight excluding hydrogens is 417 g/mol. The molecule has 1 aliphatic heterocycles. The summed E-state index contributed by atoms with van der Waals surface area (Å²) in [5.74, 6) is 0.821. The van der Waals surface area contributed by atoms with Crippen LogP contribution in [0.25, 0.3) is 0 Å². The second-order valence-corrected chi connectivity index (χ2v) is 9.06. The molecule has 1 fully saturated rings. The molecule has 2 heterocycles. The summed E-state index contributed by atoms with van der Waals surface area (Å²) in [4.78, 5) is 4.62. The van der Waals surface area contributed by atoms with Gasteiger partial charge in [-0.1, -0.05) is 37.3 Å². The highest BCUT2D eigenvalue weighted by Crippen LogP contribution is 2.20. The van der Waals surface area contributed by atoms with Gasteiger partial charge >= 0.3 is 7.12 Å². The molecule has 0 amide bonds. The summed E-state index contributed by atoms with van der Waals surface area (Å²) in [6.45, 7) is 7.32. The molecule has 3 atom stereocenters. The number of hydrogen-bond acceptors (Lipinski definition) is 7. The van der Waals surface area contributed by atoms with Crippen molar-refractivity contribution in [2.75, 3.05) is 25.4 Å². The molecule has 1 saturated heterocycles. The van der Waals surface area contributed by atoms with Crippen molar-refractivity contribution in [3.8, 4) is 0 Å². The fraction of sp³-hybridized carbons (Fsp3) is 0.560. The highest BCUT2D eigenvalue weighted by molar-refractivity contribution is 6.59. The molecule has 0 radical (unpaired) electrons. The lowest BCUT2D eigenvalue weighted by atomic mass is 9.77. The third-order valence-electron chi connectivity index (χ3n) is 6.44. The molecule has 2 unspecified atom stereocenters. The normalized spacial score (nSPS) is 17.8. The number of hydrogen-bond donors (Lipinski definition) is 4. The summed E-state index contributed by atoms with van der Waals surface area (Å²) >= 11 is 0. The summed E-state index contributed by atoms with van der Waals surface area (Å²) in [6, 6.07) is 11.4. The van der Waals surface area contributed by atoms with Crippen molar-refractivity contribution in [2.24, 2.45) is 5.92 Å². The number of ether oxygens (including phenoxy) is 2. The Kier molecular flexibility index (Phi) is 10.2. The monoisotopic (exact) mass is 455 g/mol. The second kappa shape index (κ2) is 13.1. The number of nitrogens with zero attached hydrogens (tertiary/aromatic N) is 1. The standard InChI is InChI=1S/C25H38BN3O4/c1-18(19(2)33-17-21-7-3-4-9-24(21)26(30)31)15-20-10-11-22(29-25(20)27)8-5-6-14-32-23-12-13-28-16-23/h3-4,7,9-11,18-19,23,28,30-31H,5-6,8,12-17H2,1-2H3,(H2,27,29)/t18?,19?,23-/m1/s1. The van der Waals surface area contributed by atoms with E-state index in [1.807, 2.05) is 19.1 Å². The average Bonchev–Trinajstić information content (AvgIpc) is 3.32. The maximum absolute atomic E-state index is 9.52. The minimum absolute atomic E-state index is 0.0250. The lowest BCUT2D eigenvalue weighted by Gasteiger charge is -2.22. The SMILES string of the molecule is CC(Cc1ccc(CCCCO[C@@H]2CCNC2)nc1N)C(C)OCc1ccccc1B(O)O. The molecule has 0 spiro atoms. The first-order chi connectivity index (χ1) is 15.9. The Morgan fingerprint density at radius 2 is 1.97 bits per heavy atom. The van der Waals surface area contributed by atoms with E-state index in [1.165, 1.54) is 0 Å². The van der Waals surface area contributed by atoms with Crippen molar-refractivity contribution in [1.29, 1.82) is 0 Å². The molecule has 7 nitrogen and oxygen atoms in total. The van der Waals surface area contributed by atoms with Gasteiger partial charge in [-0.25, -0.2) is 4.98 Å². The third-order valence-corrected chi connectivity index (χ3v) is 6.44. The zero-order valence-corrected chi connectivity index (χ0v) is 19.9. The molecule has 5 N–H and O–H groups in total. The molecule has 1 aliphatic rings. The van der Waals surface area contributed by atoms with E-state index in [1.54, 1.807) is 12.1 Å². The first-order valence-corrected chi connectivity index (χ1v) is 12.1. The lowest BCUT2D eigenvalue weighted by molar-refractivity contribution is 0.0188. The Balaban J connectivity index is 1.42. The molecule has 8 heteroatoms. The van der Waals surface area contributed by atoms with E-state index < -0.39 is 7.12 Å². The van der Waals surface area contributed by atoms with Gasteiger partial charge in [-0.05, 0) is 74.1 Å². The van der Waals surface area contributed by atoms with Crippen LogP contribution in [0, 0.1) is 5.92 Å². The van der Waals surface area contributed by atoms with Gasteiger partial charge < -0.3 is 30.6 Å². The van der Waals surface area contributed by atoms with Crippen molar-refractivity contribution in [3.05, 3.63) is 53.2 Å². The summed E-state index contributed by atoms with van der Waals surface area (Å²) in [5.41, 5.74) is 9.57. The number of pyridine rings is 1. The maximum atomic E-state index is 9.52. The van der Waals surface area contributed by atoms with E-state index in [4.69, 9.17) is 15.2 Å². The molecule has 180 valence electrons. The van der Waals surface area contributed by atoms with Crippen molar-refractivity contribution in [3.63, 3.8) is 0 Å². The summed E-state index contributed by atoms with van der Waals surface area (Å²) in [5, 5.41) is 22.4. The fourth-order valence-electron chi connectivity index (χ4n) is 4.10. The van der Waals surface area contributed by atoms with E-state index in [0.717, 1.165) is 68.6 Å². The van der Waals surface area contributed by atoms with Crippen LogP contribution in [0.15, 0.2) is 36.4 Å². The van der Waals surface area contributed by atoms with Gasteiger partial charge in [0.05, 0.1) is 18.8 Å². The van der Waals surface area contributed by atoms with Crippen LogP contribution < -0.4 is 16.5 Å². The molecule has 2 aromatic rings. The Morgan fingerprint density at radius 3 is 2.70 bits per heavy atom. The van der Waals surface area contributed by atoms with E-state index in [0.29, 0.717) is 24.0 Å². The van der Waals surface area contributed by atoms with Gasteiger partial charge in [-0.15, -0.1) is 0 Å². The summed E-state index contributed by atoms with van der Waals surface area (Å²) < 4.78 is 11.9. The number of unbranched alkanes of at least 4 members (excludes halogenated alkanes) is 1. The number of aromatic nitrogens is 1. The van der Waals surface area contributed by atoms with Crippen molar-refractivity contribution < 1.29 is 19.5 Å². The fourth-order valence-corrected chi connectivity index (χ4v) is 4.10. The topological polar surface area (TPSA) is 110 Å². The average molecular weight is 455 g/mol. The minimum Gasteiger partial charge on any atom is -0.423 e. The number of anilines is 1. The van der Waals surface area contributed by atoms with Crippen LogP contribution in [0.3, 0.4) is 0 Å². The van der Waals surface area contributed by atoms with Crippen LogP contribution in [-0.4, -0.2) is 54.1 Å². The Bertz CT molecular complexity index is 861. The van der Waals surface area contributed by atoms with Gasteiger partial charge in [0.2, 0.25) is 0 Å². The number of nitrogens with one attached hydrogen (secondary N) is 1. The zero-order chi connectivity index (χ0) is 23.6. The molecule has 0 saturated carbocycles. The number of nitrogens with two attached hydrogens (primary N) is 1. The predicted octanol–water partition coefficient (Wildman–Crippen LogP) is 1.83. The van der Waals surface area contributed by atoms with E-state index in [9.17, 15) is 10.0 Å². The predicted molar refractivity (Wildman–Crippen MR) is 132 cm³/mol. The van der Waals surface area contributed by atoms with E-state index in [-0.39, 0.29) is 12.0 Å². The van der Waals surface area contributed by atoms with Crippen LogP contribution >= 0.6 is 0 Å². The molecule has 3 rings (SSSR count). The second-order valence-electron chi connectivity index (χ2n) is 9.06. The smallest absolute Gasteiger partial charge is 0.423 e. The van der Waals surface area contributed by atoms with E-state index >= 15 is 0 Å². The molecule has 0 bridgehead atoms. The highest BCUT2D eigenvalue weighted by Gasteiger charge is 2.19. The van der Waals surface area contributed by atoms with Gasteiger partial charge in [0.15, 0.2) is 0 Å². The van der Waals surface area contributed by atoms with Crippen LogP contribution in [0.4, 0.5) is 5.82 Å². The Morgan fingerprint density at radius 1 is 1.15 bits per heavy atom. The molecule has 1 aromatic carbocycles. The molecule has 1 aromatic heterocycles. The van der Waals surface area contributed by atoms with Crippen LogP contribution in [-0.2, 0) is 28.9 Å². The number of nitrogen functional groups attached to an aromatic ring is 1. The number of rotatable bonds is 13. The zero-order valence-electron chi connectivity index (χ0n) is 19.9. The van der Waals surface area contributed by atoms with Crippen molar-refractivity contribution >= 4 is 18.4 Å². The summed E-state index contributed by atoms with van der Waals surface area (Å²) in [7, 11) is -1.50. The van der Waals surface area contributed by atoms with Gasteiger partial charge in [0, 0.05) is 18.8 Å². The first kappa shape index (κ1) is 25.7. The molecule has 0 aliphatic carbocycles. The van der Waals surface area contributed by atoms with Crippen molar-refractivity contribution in [1.82, 2.24) is 10.3 Å². The van der Waals surface area contributed by atoms with Gasteiger partial charge in [-0.2, -0.15) is 0 Å². The number of benzene rings is 1. The van der Waals surface area contributed by atoms with Crippen LogP contribution in [0.2, 0.25) is 0 Å². The molecular formula is C25H38BN3O4. The highest BCUT2D eigenvalue weighted by atomic mass is 16.5. The largest absolute Gasteiger partial charge is 0.488 e. The van der Waals surface area contributed by atoms with E-state index in [2.05, 4.69) is 29.4 Å². The van der Waals surface area contributed by atoms with Crippen molar-refractivity contribution in [2.45, 2.75) is 64.8 Å². The third kappa shape index (κ3) is 8.08. The quantitative estimate of drug-likeness (QED) is 0.270. The Labute approximate surface area is 197 Å². The lowest BCUT2D eigenvalue weighted by Crippen LogP contribution is -2.33. The summed E-state index contributed by atoms with van der Waals surface area (Å²) in [6.07, 6.45) is 5.21. The van der Waals surface area contributed by atoms with Gasteiger partial charge in [-0.3, -0.25) is 0 Å². The van der Waals surface area contributed by atoms with Gasteiger partial charge in [0.25, 0.3) is 0 Å². The molecule has 33 heavy (non-hydrogen) atoms. The first-order valence-electron chi connectivity index (χ1n) is 12.1. The minimum atomic E-state index is -1.50. The maximum Gasteiger partial charge on any atom is 0.488 e. The van der Waals surface area contributed by atoms with Crippen LogP contribution in [0.5, 0.6) is 0 Å². The number of aryl methyl sites for hydroxylation is 1. The Hall–Kier alpha value is -1.97.